The van der Waals surface area contributed by atoms with Crippen LogP contribution in [-0.4, -0.2) is 16.6 Å². The molecular formula is C14H14Cl2N2O. The summed E-state index contributed by atoms with van der Waals surface area (Å²) in [5.74, 6) is 0. The zero-order valence-electron chi connectivity index (χ0n) is 10.4. The SMILES string of the molecule is CC(O)(CNc1ccnc(Cl)c1)c1ccccc1Cl. The van der Waals surface area contributed by atoms with Crippen LogP contribution in [0.5, 0.6) is 0 Å². The molecule has 0 fully saturated rings. The Morgan fingerprint density at radius 2 is 2.00 bits per heavy atom. The van der Waals surface area contributed by atoms with Gasteiger partial charge >= 0.3 is 0 Å². The lowest BCUT2D eigenvalue weighted by atomic mass is 9.96. The lowest BCUT2D eigenvalue weighted by Gasteiger charge is -2.25. The molecule has 0 spiro atoms. The second-order valence-corrected chi connectivity index (χ2v) is 5.27. The van der Waals surface area contributed by atoms with Crippen molar-refractivity contribution in [1.29, 1.82) is 0 Å². The summed E-state index contributed by atoms with van der Waals surface area (Å²) in [6.07, 6.45) is 1.61. The van der Waals surface area contributed by atoms with Crippen LogP contribution in [-0.2, 0) is 5.60 Å². The monoisotopic (exact) mass is 296 g/mol. The molecule has 0 bridgehead atoms. The van der Waals surface area contributed by atoms with Gasteiger partial charge in [0.25, 0.3) is 0 Å². The first-order valence-corrected chi connectivity index (χ1v) is 6.57. The van der Waals surface area contributed by atoms with Gasteiger partial charge in [0.1, 0.15) is 10.8 Å². The van der Waals surface area contributed by atoms with E-state index in [0.29, 0.717) is 22.3 Å². The molecule has 1 unspecified atom stereocenters. The van der Waals surface area contributed by atoms with Crippen LogP contribution in [0.1, 0.15) is 12.5 Å². The van der Waals surface area contributed by atoms with E-state index in [1.807, 2.05) is 18.2 Å². The summed E-state index contributed by atoms with van der Waals surface area (Å²) in [4.78, 5) is 3.90. The van der Waals surface area contributed by atoms with Gasteiger partial charge < -0.3 is 10.4 Å². The minimum absolute atomic E-state index is 0.317. The van der Waals surface area contributed by atoms with Crippen LogP contribution < -0.4 is 5.32 Å². The molecule has 0 aliphatic rings. The molecule has 2 N–H and O–H groups in total. The van der Waals surface area contributed by atoms with Crippen molar-refractivity contribution in [2.24, 2.45) is 0 Å². The van der Waals surface area contributed by atoms with Crippen molar-refractivity contribution in [2.75, 3.05) is 11.9 Å². The highest BCUT2D eigenvalue weighted by molar-refractivity contribution is 6.31. The van der Waals surface area contributed by atoms with E-state index < -0.39 is 5.60 Å². The van der Waals surface area contributed by atoms with E-state index in [1.54, 1.807) is 31.3 Å². The maximum atomic E-state index is 10.5. The van der Waals surface area contributed by atoms with Crippen LogP contribution in [0.3, 0.4) is 0 Å². The molecule has 0 aliphatic heterocycles. The fourth-order valence-corrected chi connectivity index (χ4v) is 2.29. The average molecular weight is 297 g/mol. The Balaban J connectivity index is 2.12. The third-order valence-corrected chi connectivity index (χ3v) is 3.35. The van der Waals surface area contributed by atoms with E-state index in [9.17, 15) is 5.11 Å². The second kappa shape index (κ2) is 5.78. The Labute approximate surface area is 122 Å². The highest BCUT2D eigenvalue weighted by Crippen LogP contribution is 2.28. The van der Waals surface area contributed by atoms with Crippen LogP contribution in [0, 0.1) is 0 Å². The van der Waals surface area contributed by atoms with E-state index in [4.69, 9.17) is 23.2 Å². The molecule has 0 saturated heterocycles. The zero-order valence-corrected chi connectivity index (χ0v) is 11.9. The Morgan fingerprint density at radius 3 is 2.68 bits per heavy atom. The number of anilines is 1. The number of pyridine rings is 1. The van der Waals surface area contributed by atoms with Gasteiger partial charge in [0.2, 0.25) is 0 Å². The second-order valence-electron chi connectivity index (χ2n) is 4.47. The first-order chi connectivity index (χ1) is 8.99. The first-order valence-electron chi connectivity index (χ1n) is 5.82. The summed E-state index contributed by atoms with van der Waals surface area (Å²) in [5.41, 5.74) is 0.408. The van der Waals surface area contributed by atoms with Gasteiger partial charge in [-0.25, -0.2) is 4.98 Å². The summed E-state index contributed by atoms with van der Waals surface area (Å²) < 4.78 is 0. The molecule has 5 heteroatoms. The Bertz CT molecular complexity index is 573. The molecule has 1 aromatic heterocycles. The molecule has 1 atom stereocenters. The van der Waals surface area contributed by atoms with Crippen molar-refractivity contribution < 1.29 is 5.11 Å². The van der Waals surface area contributed by atoms with E-state index in [1.165, 1.54) is 0 Å². The Kier molecular flexibility index (Phi) is 4.30. The van der Waals surface area contributed by atoms with Crippen LogP contribution in [0.15, 0.2) is 42.6 Å². The van der Waals surface area contributed by atoms with Gasteiger partial charge in [-0.05, 0) is 25.1 Å². The minimum atomic E-state index is -1.08. The molecule has 3 nitrogen and oxygen atoms in total. The predicted molar refractivity (Wildman–Crippen MR) is 78.8 cm³/mol. The summed E-state index contributed by atoms with van der Waals surface area (Å²) in [7, 11) is 0. The maximum Gasteiger partial charge on any atom is 0.131 e. The molecule has 0 aliphatic carbocycles. The number of aromatic nitrogens is 1. The smallest absolute Gasteiger partial charge is 0.131 e. The van der Waals surface area contributed by atoms with Crippen molar-refractivity contribution in [3.63, 3.8) is 0 Å². The molecule has 0 radical (unpaired) electrons. The molecule has 1 aromatic carbocycles. The number of hydrogen-bond donors (Lipinski definition) is 2. The number of nitrogens with zero attached hydrogens (tertiary/aromatic N) is 1. The lowest BCUT2D eigenvalue weighted by molar-refractivity contribution is 0.0716. The van der Waals surface area contributed by atoms with E-state index in [0.717, 1.165) is 5.69 Å². The first kappa shape index (κ1) is 14.1. The minimum Gasteiger partial charge on any atom is -0.384 e. The zero-order chi connectivity index (χ0) is 13.9. The van der Waals surface area contributed by atoms with Gasteiger partial charge in [-0.2, -0.15) is 0 Å². The van der Waals surface area contributed by atoms with Crippen LogP contribution in [0.25, 0.3) is 0 Å². The van der Waals surface area contributed by atoms with E-state index in [-0.39, 0.29) is 0 Å². The summed E-state index contributed by atoms with van der Waals surface area (Å²) in [6.45, 7) is 2.03. The summed E-state index contributed by atoms with van der Waals surface area (Å²) in [6, 6.07) is 10.7. The van der Waals surface area contributed by atoms with Gasteiger partial charge in [0, 0.05) is 29.0 Å². The average Bonchev–Trinajstić information content (AvgIpc) is 2.37. The normalized spacial score (nSPS) is 13.9. The number of nitrogens with one attached hydrogen (secondary N) is 1. The third kappa shape index (κ3) is 3.60. The van der Waals surface area contributed by atoms with Crippen molar-refractivity contribution in [3.05, 3.63) is 58.3 Å². The molecule has 2 aromatic rings. The molecule has 0 saturated carbocycles. The summed E-state index contributed by atoms with van der Waals surface area (Å²) >= 11 is 11.9. The molecule has 1 heterocycles. The van der Waals surface area contributed by atoms with Gasteiger partial charge in [0.15, 0.2) is 0 Å². The van der Waals surface area contributed by atoms with Gasteiger partial charge in [-0.3, -0.25) is 0 Å². The highest BCUT2D eigenvalue weighted by Gasteiger charge is 2.25. The molecular weight excluding hydrogens is 283 g/mol. The Morgan fingerprint density at radius 1 is 1.26 bits per heavy atom. The lowest BCUT2D eigenvalue weighted by Crippen LogP contribution is -2.31. The highest BCUT2D eigenvalue weighted by atomic mass is 35.5. The fraction of sp³-hybridized carbons (Fsp3) is 0.214. The number of rotatable bonds is 4. The number of benzene rings is 1. The topological polar surface area (TPSA) is 45.1 Å². The number of aliphatic hydroxyl groups is 1. The standard InChI is InChI=1S/C14H14Cl2N2O/c1-14(19,11-4-2-3-5-12(11)15)9-18-10-6-7-17-13(16)8-10/h2-8,19H,9H2,1H3,(H,17,18). The molecule has 2 rings (SSSR count). The molecule has 100 valence electrons. The Hall–Kier alpha value is -1.29. The quantitative estimate of drug-likeness (QED) is 0.846. The van der Waals surface area contributed by atoms with Gasteiger partial charge in [0.05, 0.1) is 0 Å². The maximum absolute atomic E-state index is 10.5. The third-order valence-electron chi connectivity index (χ3n) is 2.82. The van der Waals surface area contributed by atoms with Crippen LogP contribution in [0.2, 0.25) is 10.2 Å². The van der Waals surface area contributed by atoms with Crippen LogP contribution >= 0.6 is 23.2 Å². The molecule has 19 heavy (non-hydrogen) atoms. The molecule has 0 amide bonds. The number of halogens is 2. The van der Waals surface area contributed by atoms with Crippen LogP contribution in [0.4, 0.5) is 5.69 Å². The van der Waals surface area contributed by atoms with Gasteiger partial charge in [-0.1, -0.05) is 41.4 Å². The number of hydrogen-bond acceptors (Lipinski definition) is 3. The van der Waals surface area contributed by atoms with E-state index >= 15 is 0 Å². The van der Waals surface area contributed by atoms with Crippen molar-refractivity contribution in [1.82, 2.24) is 4.98 Å². The predicted octanol–water partition coefficient (Wildman–Crippen LogP) is 3.71. The van der Waals surface area contributed by atoms with Crippen molar-refractivity contribution in [2.45, 2.75) is 12.5 Å². The van der Waals surface area contributed by atoms with Crippen molar-refractivity contribution >= 4 is 28.9 Å². The largest absolute Gasteiger partial charge is 0.384 e. The fourth-order valence-electron chi connectivity index (χ4n) is 1.78. The summed E-state index contributed by atoms with van der Waals surface area (Å²) in [5, 5.41) is 14.6. The van der Waals surface area contributed by atoms with Gasteiger partial charge in [-0.15, -0.1) is 0 Å². The van der Waals surface area contributed by atoms with Crippen molar-refractivity contribution in [3.8, 4) is 0 Å². The van der Waals surface area contributed by atoms with E-state index in [2.05, 4.69) is 10.3 Å².